The van der Waals surface area contributed by atoms with E-state index in [1.807, 2.05) is 20.8 Å². The quantitative estimate of drug-likeness (QED) is 0.407. The van der Waals surface area contributed by atoms with Crippen LogP contribution in [0.5, 0.6) is 0 Å². The lowest BCUT2D eigenvalue weighted by Gasteiger charge is -2.62. The van der Waals surface area contributed by atoms with Gasteiger partial charge < -0.3 is 19.7 Å². The Morgan fingerprint density at radius 2 is 1.64 bits per heavy atom. The number of aliphatic hydroxyl groups is 2. The summed E-state index contributed by atoms with van der Waals surface area (Å²) in [6, 6.07) is 0. The minimum atomic E-state index is -1.47. The highest BCUT2D eigenvalue weighted by Crippen LogP contribution is 2.77. The monoisotopic (exact) mass is 500 g/mol. The number of fused-ring (bicyclic) bond motifs is 4. The lowest BCUT2D eigenvalue weighted by Crippen LogP contribution is -2.67. The van der Waals surface area contributed by atoms with Crippen molar-refractivity contribution in [3.05, 3.63) is 11.6 Å². The van der Waals surface area contributed by atoms with Gasteiger partial charge in [-0.15, -0.1) is 0 Å². The van der Waals surface area contributed by atoms with E-state index >= 15 is 0 Å². The maximum absolute atomic E-state index is 14.3. The molecule has 9 atom stereocenters. The normalized spacial score (nSPS) is 54.8. The van der Waals surface area contributed by atoms with Crippen LogP contribution in [-0.2, 0) is 19.1 Å². The Hall–Kier alpha value is -1.24. The number of rotatable bonds is 1. The van der Waals surface area contributed by atoms with Crippen LogP contribution in [-0.4, -0.2) is 51.0 Å². The zero-order chi connectivity index (χ0) is 26.3. The first kappa shape index (κ1) is 25.1. The lowest BCUT2D eigenvalue weighted by atomic mass is 9.40. The molecule has 1 spiro atoms. The minimum absolute atomic E-state index is 0.0117. The molecular weight excluding hydrogens is 456 g/mol. The van der Waals surface area contributed by atoms with E-state index in [1.165, 1.54) is 0 Å². The molecule has 0 aromatic carbocycles. The summed E-state index contributed by atoms with van der Waals surface area (Å²) in [5, 5.41) is 23.4. The van der Waals surface area contributed by atoms with E-state index < -0.39 is 34.1 Å². The third-order valence-electron chi connectivity index (χ3n) is 12.6. The number of aliphatic hydroxyl groups excluding tert-OH is 1. The Morgan fingerprint density at radius 1 is 0.944 bits per heavy atom. The van der Waals surface area contributed by atoms with Gasteiger partial charge in [0.2, 0.25) is 0 Å². The van der Waals surface area contributed by atoms with Crippen LogP contribution in [0.2, 0.25) is 0 Å². The molecule has 6 rings (SSSR count). The van der Waals surface area contributed by atoms with E-state index in [0.29, 0.717) is 25.7 Å². The molecule has 2 aliphatic heterocycles. The summed E-state index contributed by atoms with van der Waals surface area (Å²) >= 11 is 0. The van der Waals surface area contributed by atoms with E-state index in [2.05, 4.69) is 33.8 Å². The van der Waals surface area contributed by atoms with Gasteiger partial charge in [-0.2, -0.15) is 0 Å². The van der Waals surface area contributed by atoms with Gasteiger partial charge in [0, 0.05) is 17.8 Å². The maximum atomic E-state index is 14.3. The first-order valence-corrected chi connectivity index (χ1v) is 14.1. The molecule has 4 aliphatic carbocycles. The standard InChI is InChI=1S/C30H44O6/c1-24(2)12-11-21(35-24)28(7)30(34)15-14-27(6)17-8-9-19-25(3,4)20(32)10-13-26(19,5)22(17)18(31)16-29(27,30)23(33)36-28/h8,19-22,32,34H,9-16H2,1-7H3/t19-,20-,21+,22+,26-,27-,28-,29+,30-/m0/s1. The Morgan fingerprint density at radius 3 is 2.28 bits per heavy atom. The number of carbonyl (C=O) groups excluding carboxylic acids is 2. The maximum Gasteiger partial charge on any atom is 0.317 e. The van der Waals surface area contributed by atoms with Gasteiger partial charge in [-0.3, -0.25) is 9.59 Å². The molecule has 3 saturated carbocycles. The highest BCUT2D eigenvalue weighted by Gasteiger charge is 2.85. The Kier molecular flexibility index (Phi) is 4.76. The van der Waals surface area contributed by atoms with Gasteiger partial charge in [0.05, 0.1) is 11.7 Å². The van der Waals surface area contributed by atoms with Gasteiger partial charge in [0.15, 0.2) is 5.60 Å². The van der Waals surface area contributed by atoms with Crippen molar-refractivity contribution < 1.29 is 29.3 Å². The summed E-state index contributed by atoms with van der Waals surface area (Å²) in [6.07, 6.45) is 6.27. The molecule has 0 amide bonds. The van der Waals surface area contributed by atoms with Crippen LogP contribution in [0, 0.1) is 33.5 Å². The number of hydrogen-bond donors (Lipinski definition) is 2. The fourth-order valence-electron chi connectivity index (χ4n) is 10.4. The molecule has 0 radical (unpaired) electrons. The average Bonchev–Trinajstić information content (AvgIpc) is 3.33. The molecule has 2 heterocycles. The number of cyclic esters (lactones) is 1. The number of esters is 1. The van der Waals surface area contributed by atoms with Crippen LogP contribution in [0.25, 0.3) is 0 Å². The third-order valence-corrected chi connectivity index (χ3v) is 12.6. The van der Waals surface area contributed by atoms with Crippen molar-refractivity contribution in [2.45, 2.75) is 129 Å². The summed E-state index contributed by atoms with van der Waals surface area (Å²) in [7, 11) is 0. The van der Waals surface area contributed by atoms with Gasteiger partial charge in [0.1, 0.15) is 22.9 Å². The molecule has 6 nitrogen and oxygen atoms in total. The van der Waals surface area contributed by atoms with Gasteiger partial charge in [-0.25, -0.2) is 0 Å². The van der Waals surface area contributed by atoms with E-state index in [-0.39, 0.29) is 46.6 Å². The second-order valence-electron chi connectivity index (χ2n) is 14.9. The highest BCUT2D eigenvalue weighted by molar-refractivity contribution is 5.97. The van der Waals surface area contributed by atoms with Crippen LogP contribution < -0.4 is 0 Å². The Balaban J connectivity index is 1.47. The van der Waals surface area contributed by atoms with E-state index in [0.717, 1.165) is 24.8 Å². The molecule has 0 bridgehead atoms. The van der Waals surface area contributed by atoms with Crippen molar-refractivity contribution in [1.82, 2.24) is 0 Å². The molecule has 6 aliphatic rings. The Bertz CT molecular complexity index is 1080. The Labute approximate surface area is 215 Å². The molecular formula is C30H44O6. The minimum Gasteiger partial charge on any atom is -0.453 e. The van der Waals surface area contributed by atoms with Crippen LogP contribution in [0.15, 0.2) is 11.6 Å². The molecule has 36 heavy (non-hydrogen) atoms. The molecule has 6 heteroatoms. The number of carbonyl (C=O) groups is 2. The highest BCUT2D eigenvalue weighted by atomic mass is 16.6. The van der Waals surface area contributed by atoms with Crippen LogP contribution >= 0.6 is 0 Å². The van der Waals surface area contributed by atoms with Crippen molar-refractivity contribution in [3.8, 4) is 0 Å². The van der Waals surface area contributed by atoms with Crippen molar-refractivity contribution in [2.75, 3.05) is 0 Å². The molecule has 2 N–H and O–H groups in total. The van der Waals surface area contributed by atoms with Crippen molar-refractivity contribution in [3.63, 3.8) is 0 Å². The van der Waals surface area contributed by atoms with Gasteiger partial charge >= 0.3 is 5.97 Å². The first-order valence-electron chi connectivity index (χ1n) is 14.1. The number of Topliss-reactive ketones (excluding diaryl/α,β-unsaturated/α-hetero) is 1. The summed E-state index contributed by atoms with van der Waals surface area (Å²) in [5.74, 6) is -0.492. The van der Waals surface area contributed by atoms with Crippen molar-refractivity contribution in [2.24, 2.45) is 33.5 Å². The molecule has 2 saturated heterocycles. The number of ketones is 1. The first-order chi connectivity index (χ1) is 16.5. The van der Waals surface area contributed by atoms with Crippen molar-refractivity contribution >= 4 is 11.8 Å². The van der Waals surface area contributed by atoms with Gasteiger partial charge in [-0.1, -0.05) is 39.3 Å². The zero-order valence-corrected chi connectivity index (χ0v) is 23.1. The molecule has 0 aromatic heterocycles. The van der Waals surface area contributed by atoms with Gasteiger partial charge in [0.25, 0.3) is 0 Å². The zero-order valence-electron chi connectivity index (χ0n) is 23.1. The fourth-order valence-corrected chi connectivity index (χ4v) is 10.4. The van der Waals surface area contributed by atoms with Gasteiger partial charge in [-0.05, 0) is 82.5 Å². The SMILES string of the molecule is CC1(C)CC[C@H]([C@]2(C)OC(=O)[C@]34CC(=O)[C@H]5C(=CC[C@H]6C(C)(C)[C@@H](O)CC[C@]56C)[C@]3(C)CC[C@@]42O)O1. The predicted octanol–water partition coefficient (Wildman–Crippen LogP) is 4.50. The van der Waals surface area contributed by atoms with Crippen LogP contribution in [0.4, 0.5) is 0 Å². The van der Waals surface area contributed by atoms with Crippen LogP contribution in [0.3, 0.4) is 0 Å². The predicted molar refractivity (Wildman–Crippen MR) is 134 cm³/mol. The molecule has 0 unspecified atom stereocenters. The second-order valence-corrected chi connectivity index (χ2v) is 14.9. The summed E-state index contributed by atoms with van der Waals surface area (Å²) in [4.78, 5) is 28.3. The molecule has 200 valence electrons. The van der Waals surface area contributed by atoms with E-state index in [1.54, 1.807) is 0 Å². The third kappa shape index (κ3) is 2.51. The number of allylic oxidation sites excluding steroid dienone is 2. The van der Waals surface area contributed by atoms with E-state index in [9.17, 15) is 19.8 Å². The second kappa shape index (κ2) is 6.84. The molecule has 5 fully saturated rings. The molecule has 0 aromatic rings. The lowest BCUT2D eigenvalue weighted by molar-refractivity contribution is -0.204. The van der Waals surface area contributed by atoms with Crippen LogP contribution in [0.1, 0.15) is 99.8 Å². The number of ether oxygens (including phenoxy) is 2. The smallest absolute Gasteiger partial charge is 0.317 e. The van der Waals surface area contributed by atoms with E-state index in [4.69, 9.17) is 9.47 Å². The fraction of sp³-hybridized carbons (Fsp3) is 0.867. The summed E-state index contributed by atoms with van der Waals surface area (Å²) in [5.41, 5.74) is -4.49. The largest absolute Gasteiger partial charge is 0.453 e. The average molecular weight is 501 g/mol. The summed E-state index contributed by atoms with van der Waals surface area (Å²) in [6.45, 7) is 14.5. The van der Waals surface area contributed by atoms with Crippen molar-refractivity contribution in [1.29, 1.82) is 0 Å². The topological polar surface area (TPSA) is 93.1 Å². The number of hydrogen-bond acceptors (Lipinski definition) is 6. The summed E-state index contributed by atoms with van der Waals surface area (Å²) < 4.78 is 12.6.